The molecule has 94 valence electrons. The van der Waals surface area contributed by atoms with Gasteiger partial charge in [0.25, 0.3) is 0 Å². The number of pyridine rings is 1. The van der Waals surface area contributed by atoms with E-state index >= 15 is 0 Å². The van der Waals surface area contributed by atoms with E-state index in [0.717, 1.165) is 5.52 Å². The van der Waals surface area contributed by atoms with E-state index < -0.39 is 0 Å². The quantitative estimate of drug-likeness (QED) is 0.853. The average molecular weight is 259 g/mol. The molecule has 0 saturated carbocycles. The lowest BCUT2D eigenvalue weighted by atomic mass is 9.79. The Morgan fingerprint density at radius 2 is 2.06 bits per heavy atom. The third-order valence-corrected chi connectivity index (χ3v) is 5.41. The van der Waals surface area contributed by atoms with Crippen molar-refractivity contribution in [3.8, 4) is 0 Å². The van der Waals surface area contributed by atoms with Gasteiger partial charge in [-0.1, -0.05) is 0 Å². The summed E-state index contributed by atoms with van der Waals surface area (Å²) in [6.45, 7) is 3.55. The first-order valence-corrected chi connectivity index (χ1v) is 7.57. The number of rotatable bonds is 1. The average Bonchev–Trinajstić information content (AvgIpc) is 2.85. The molecule has 2 aliphatic rings. The molecule has 0 atom stereocenters. The Bertz CT molecular complexity index is 563. The molecule has 2 aromatic heterocycles. The molecule has 0 aliphatic carbocycles. The Kier molecular flexibility index (Phi) is 2.35. The number of hydrogen-bond acceptors (Lipinski definition) is 4. The summed E-state index contributed by atoms with van der Waals surface area (Å²) in [6, 6.07) is 4.29. The summed E-state index contributed by atoms with van der Waals surface area (Å²) in [6.07, 6.45) is 5.87. The molecule has 3 nitrogen and oxygen atoms in total. The van der Waals surface area contributed by atoms with E-state index in [2.05, 4.69) is 32.7 Å². The van der Waals surface area contributed by atoms with Gasteiger partial charge in [0.05, 0.1) is 15.9 Å². The first kappa shape index (κ1) is 10.8. The van der Waals surface area contributed by atoms with Gasteiger partial charge in [0.2, 0.25) is 0 Å². The van der Waals surface area contributed by atoms with Crippen LogP contribution in [0.25, 0.3) is 10.2 Å². The molecule has 2 fully saturated rings. The Morgan fingerprint density at radius 3 is 2.78 bits per heavy atom. The van der Waals surface area contributed by atoms with Crippen LogP contribution in [0, 0.1) is 0 Å². The second-order valence-electron chi connectivity index (χ2n) is 5.41. The summed E-state index contributed by atoms with van der Waals surface area (Å²) in [7, 11) is 0. The zero-order chi connectivity index (χ0) is 12.0. The van der Waals surface area contributed by atoms with Crippen molar-refractivity contribution in [3.63, 3.8) is 0 Å². The standard InChI is InChI=1S/C14H17N3S/c1-6-15-11-2-10-18-13(11)12(1)17-8-4-14(5-9-17)3-7-16-14/h1-2,6,10,16H,3-5,7-9H2. The van der Waals surface area contributed by atoms with E-state index in [4.69, 9.17) is 0 Å². The van der Waals surface area contributed by atoms with Gasteiger partial charge >= 0.3 is 0 Å². The number of fused-ring (bicyclic) bond motifs is 1. The minimum atomic E-state index is 0.484. The van der Waals surface area contributed by atoms with E-state index in [0.29, 0.717) is 5.54 Å². The van der Waals surface area contributed by atoms with E-state index in [-0.39, 0.29) is 0 Å². The van der Waals surface area contributed by atoms with Crippen molar-refractivity contribution in [1.82, 2.24) is 10.3 Å². The van der Waals surface area contributed by atoms with Crippen LogP contribution in [0.2, 0.25) is 0 Å². The van der Waals surface area contributed by atoms with E-state index in [1.54, 1.807) is 0 Å². The van der Waals surface area contributed by atoms with E-state index in [1.807, 2.05) is 17.5 Å². The number of thiophene rings is 1. The van der Waals surface area contributed by atoms with Gasteiger partial charge in [0.15, 0.2) is 0 Å². The molecule has 18 heavy (non-hydrogen) atoms. The summed E-state index contributed by atoms with van der Waals surface area (Å²) < 4.78 is 1.34. The van der Waals surface area contributed by atoms with Crippen LogP contribution < -0.4 is 10.2 Å². The van der Waals surface area contributed by atoms with Gasteiger partial charge < -0.3 is 10.2 Å². The number of nitrogens with one attached hydrogen (secondary N) is 1. The number of hydrogen-bond donors (Lipinski definition) is 1. The highest BCUT2D eigenvalue weighted by Crippen LogP contribution is 2.36. The number of anilines is 1. The van der Waals surface area contributed by atoms with Crippen LogP contribution in [0.1, 0.15) is 19.3 Å². The molecule has 0 bridgehead atoms. The Hall–Kier alpha value is -1.13. The highest BCUT2D eigenvalue weighted by Gasteiger charge is 2.39. The number of aromatic nitrogens is 1. The fraction of sp³-hybridized carbons (Fsp3) is 0.500. The van der Waals surface area contributed by atoms with Crippen LogP contribution >= 0.6 is 11.3 Å². The van der Waals surface area contributed by atoms with Gasteiger partial charge in [0, 0.05) is 24.8 Å². The van der Waals surface area contributed by atoms with Gasteiger partial charge in [-0.3, -0.25) is 4.98 Å². The maximum atomic E-state index is 4.42. The summed E-state index contributed by atoms with van der Waals surface area (Å²) in [5.74, 6) is 0. The number of nitrogens with zero attached hydrogens (tertiary/aromatic N) is 2. The van der Waals surface area contributed by atoms with Crippen LogP contribution in [0.5, 0.6) is 0 Å². The Labute approximate surface area is 111 Å². The lowest BCUT2D eigenvalue weighted by molar-refractivity contribution is 0.164. The lowest BCUT2D eigenvalue weighted by Crippen LogP contribution is -2.61. The van der Waals surface area contributed by atoms with E-state index in [1.165, 1.54) is 49.3 Å². The summed E-state index contributed by atoms with van der Waals surface area (Å²) >= 11 is 1.81. The minimum Gasteiger partial charge on any atom is -0.370 e. The highest BCUT2D eigenvalue weighted by molar-refractivity contribution is 7.17. The monoisotopic (exact) mass is 259 g/mol. The Morgan fingerprint density at radius 1 is 1.22 bits per heavy atom. The number of piperidine rings is 1. The molecule has 1 N–H and O–H groups in total. The van der Waals surface area contributed by atoms with Crippen LogP contribution in [0.15, 0.2) is 23.7 Å². The Balaban J connectivity index is 1.62. The fourth-order valence-corrected chi connectivity index (χ4v) is 4.08. The lowest BCUT2D eigenvalue weighted by Gasteiger charge is -2.49. The normalized spacial score (nSPS) is 22.3. The van der Waals surface area contributed by atoms with Gasteiger partial charge in [-0.2, -0.15) is 0 Å². The first-order chi connectivity index (χ1) is 8.86. The van der Waals surface area contributed by atoms with Crippen molar-refractivity contribution in [2.75, 3.05) is 24.5 Å². The van der Waals surface area contributed by atoms with Crippen LogP contribution in [0.4, 0.5) is 5.69 Å². The van der Waals surface area contributed by atoms with Crippen molar-refractivity contribution < 1.29 is 0 Å². The van der Waals surface area contributed by atoms with Gasteiger partial charge in [-0.05, 0) is 43.3 Å². The minimum absolute atomic E-state index is 0.484. The summed E-state index contributed by atoms with van der Waals surface area (Å²) in [5, 5.41) is 5.77. The highest BCUT2D eigenvalue weighted by atomic mass is 32.1. The molecule has 2 aliphatic heterocycles. The molecule has 4 heterocycles. The molecule has 0 radical (unpaired) electrons. The molecule has 4 heteroatoms. The summed E-state index contributed by atoms with van der Waals surface area (Å²) in [4.78, 5) is 6.96. The van der Waals surface area contributed by atoms with Crippen molar-refractivity contribution in [1.29, 1.82) is 0 Å². The zero-order valence-electron chi connectivity index (χ0n) is 10.4. The molecule has 0 unspecified atom stereocenters. The second kappa shape index (κ2) is 3.93. The SMILES string of the molecule is c1cc(N2CCC3(CCN3)CC2)c2sccc2n1. The maximum absolute atomic E-state index is 4.42. The fourth-order valence-electron chi connectivity index (χ4n) is 3.19. The van der Waals surface area contributed by atoms with E-state index in [9.17, 15) is 0 Å². The molecular weight excluding hydrogens is 242 g/mol. The van der Waals surface area contributed by atoms with Crippen LogP contribution in [0.3, 0.4) is 0 Å². The van der Waals surface area contributed by atoms with Crippen LogP contribution in [-0.2, 0) is 0 Å². The van der Waals surface area contributed by atoms with Gasteiger partial charge in [0.1, 0.15) is 0 Å². The predicted octanol–water partition coefficient (Wildman–Crippen LogP) is 2.63. The van der Waals surface area contributed by atoms with Crippen molar-refractivity contribution >= 4 is 27.2 Å². The third-order valence-electron chi connectivity index (χ3n) is 4.49. The predicted molar refractivity (Wildman–Crippen MR) is 76.4 cm³/mol. The summed E-state index contributed by atoms with van der Waals surface area (Å²) in [5.41, 5.74) is 3.00. The molecule has 0 aromatic carbocycles. The molecular formula is C14H17N3S. The van der Waals surface area contributed by atoms with Crippen molar-refractivity contribution in [2.24, 2.45) is 0 Å². The van der Waals surface area contributed by atoms with Crippen molar-refractivity contribution in [2.45, 2.75) is 24.8 Å². The van der Waals surface area contributed by atoms with Gasteiger partial charge in [-0.25, -0.2) is 0 Å². The molecule has 4 rings (SSSR count). The zero-order valence-corrected chi connectivity index (χ0v) is 11.2. The smallest absolute Gasteiger partial charge is 0.0830 e. The van der Waals surface area contributed by atoms with Gasteiger partial charge in [-0.15, -0.1) is 11.3 Å². The molecule has 0 amide bonds. The molecule has 1 spiro atoms. The van der Waals surface area contributed by atoms with Crippen molar-refractivity contribution in [3.05, 3.63) is 23.7 Å². The largest absolute Gasteiger partial charge is 0.370 e. The second-order valence-corrected chi connectivity index (χ2v) is 6.33. The maximum Gasteiger partial charge on any atom is 0.0830 e. The third kappa shape index (κ3) is 1.56. The molecule has 2 saturated heterocycles. The topological polar surface area (TPSA) is 28.2 Å². The van der Waals surface area contributed by atoms with Crippen LogP contribution in [-0.4, -0.2) is 30.2 Å². The molecule has 2 aromatic rings. The first-order valence-electron chi connectivity index (χ1n) is 6.69.